The van der Waals surface area contributed by atoms with Crippen molar-refractivity contribution in [1.29, 1.82) is 0 Å². The van der Waals surface area contributed by atoms with Gasteiger partial charge in [0.05, 0.1) is 18.3 Å². The Kier molecular flexibility index (Phi) is 6.55. The van der Waals surface area contributed by atoms with Crippen molar-refractivity contribution in [2.75, 3.05) is 6.54 Å². The number of nitrogens with zero attached hydrogens (tertiary/aromatic N) is 2. The molecule has 0 saturated carbocycles. The number of carbonyl (C=O) groups is 1. The summed E-state index contributed by atoms with van der Waals surface area (Å²) in [6.07, 6.45) is 4.37. The van der Waals surface area contributed by atoms with Crippen LogP contribution in [0.15, 0.2) is 42.7 Å². The Labute approximate surface area is 144 Å². The summed E-state index contributed by atoms with van der Waals surface area (Å²) in [5, 5.41) is 10.8. The highest BCUT2D eigenvalue weighted by Gasteiger charge is 2.15. The highest BCUT2D eigenvalue weighted by Crippen LogP contribution is 2.12. The van der Waals surface area contributed by atoms with Crippen LogP contribution in [0.5, 0.6) is 0 Å². The minimum absolute atomic E-state index is 0.0297. The molecule has 2 N–H and O–H groups in total. The lowest BCUT2D eigenvalue weighted by Gasteiger charge is -2.22. The van der Waals surface area contributed by atoms with Crippen LogP contribution in [0.2, 0.25) is 0 Å². The molecule has 1 aromatic heterocycles. The molecule has 0 aliphatic carbocycles. The maximum absolute atomic E-state index is 12.1. The highest BCUT2D eigenvalue weighted by atomic mass is 16.1. The van der Waals surface area contributed by atoms with Crippen LogP contribution in [0.1, 0.15) is 50.4 Å². The van der Waals surface area contributed by atoms with Gasteiger partial charge in [0.2, 0.25) is 5.91 Å². The van der Waals surface area contributed by atoms with Crippen molar-refractivity contribution >= 4 is 5.91 Å². The first-order valence-corrected chi connectivity index (χ1v) is 8.56. The first kappa shape index (κ1) is 18.2. The average Bonchev–Trinajstić information content (AvgIpc) is 3.01. The summed E-state index contributed by atoms with van der Waals surface area (Å²) in [5.41, 5.74) is 2.28. The third-order valence-electron chi connectivity index (χ3n) is 4.37. The van der Waals surface area contributed by atoms with E-state index in [0.717, 1.165) is 11.1 Å². The number of hydrogen-bond acceptors (Lipinski definition) is 3. The molecule has 2 rings (SSSR count). The zero-order valence-electron chi connectivity index (χ0n) is 15.0. The monoisotopic (exact) mass is 328 g/mol. The Morgan fingerprint density at radius 1 is 1.21 bits per heavy atom. The number of amides is 1. The third kappa shape index (κ3) is 5.20. The summed E-state index contributed by atoms with van der Waals surface area (Å²) in [6, 6.07) is 10.5. The molecular weight excluding hydrogens is 300 g/mol. The molecule has 0 radical (unpaired) electrons. The average molecular weight is 328 g/mol. The van der Waals surface area contributed by atoms with Crippen LogP contribution in [-0.2, 0) is 4.79 Å². The molecule has 1 amide bonds. The van der Waals surface area contributed by atoms with Crippen LogP contribution in [0.3, 0.4) is 0 Å². The topological polar surface area (TPSA) is 59.0 Å². The summed E-state index contributed by atoms with van der Waals surface area (Å²) >= 11 is 0. The quantitative estimate of drug-likeness (QED) is 0.783. The Hall–Kier alpha value is -2.14. The van der Waals surface area contributed by atoms with E-state index in [0.29, 0.717) is 13.0 Å². The number of carbonyl (C=O) groups excluding carboxylic acids is 1. The van der Waals surface area contributed by atoms with E-state index in [1.165, 1.54) is 0 Å². The van der Waals surface area contributed by atoms with Gasteiger partial charge in [-0.05, 0) is 38.8 Å². The normalized spacial score (nSPS) is 14.8. The fourth-order valence-corrected chi connectivity index (χ4v) is 2.61. The van der Waals surface area contributed by atoms with Crippen LogP contribution in [0.25, 0.3) is 0 Å². The lowest BCUT2D eigenvalue weighted by molar-refractivity contribution is -0.121. The molecule has 5 nitrogen and oxygen atoms in total. The maximum Gasteiger partial charge on any atom is 0.221 e. The van der Waals surface area contributed by atoms with Crippen LogP contribution in [-0.4, -0.2) is 28.3 Å². The molecule has 0 saturated heterocycles. The van der Waals surface area contributed by atoms with Gasteiger partial charge in [0, 0.05) is 25.2 Å². The molecule has 24 heavy (non-hydrogen) atoms. The van der Waals surface area contributed by atoms with Crippen LogP contribution in [0, 0.1) is 6.92 Å². The molecule has 0 bridgehead atoms. The molecule has 0 unspecified atom stereocenters. The highest BCUT2D eigenvalue weighted by molar-refractivity contribution is 5.76. The zero-order valence-corrected chi connectivity index (χ0v) is 15.0. The fraction of sp³-hybridized carbons (Fsp3) is 0.474. The van der Waals surface area contributed by atoms with Gasteiger partial charge in [-0.25, -0.2) is 0 Å². The second-order valence-electron chi connectivity index (χ2n) is 6.43. The van der Waals surface area contributed by atoms with E-state index in [9.17, 15) is 4.79 Å². The molecule has 2 aromatic rings. The van der Waals surface area contributed by atoms with E-state index in [4.69, 9.17) is 0 Å². The minimum Gasteiger partial charge on any atom is -0.350 e. The Morgan fingerprint density at radius 3 is 2.54 bits per heavy atom. The largest absolute Gasteiger partial charge is 0.350 e. The van der Waals surface area contributed by atoms with Gasteiger partial charge < -0.3 is 10.6 Å². The van der Waals surface area contributed by atoms with Crippen molar-refractivity contribution in [2.24, 2.45) is 0 Å². The Balaban J connectivity index is 1.72. The van der Waals surface area contributed by atoms with Gasteiger partial charge in [0.1, 0.15) is 0 Å². The van der Waals surface area contributed by atoms with Crippen LogP contribution >= 0.6 is 0 Å². The van der Waals surface area contributed by atoms with Gasteiger partial charge >= 0.3 is 0 Å². The molecule has 0 spiro atoms. The molecule has 0 aliphatic heterocycles. The summed E-state index contributed by atoms with van der Waals surface area (Å²) < 4.78 is 1.96. The van der Waals surface area contributed by atoms with Crippen molar-refractivity contribution in [2.45, 2.75) is 52.2 Å². The molecule has 130 valence electrons. The predicted molar refractivity (Wildman–Crippen MR) is 96.8 cm³/mol. The molecular formula is C19H28N4O. The van der Waals surface area contributed by atoms with E-state index >= 15 is 0 Å². The zero-order chi connectivity index (χ0) is 17.5. The molecule has 1 heterocycles. The molecule has 3 atom stereocenters. The second-order valence-corrected chi connectivity index (χ2v) is 6.43. The van der Waals surface area contributed by atoms with Crippen molar-refractivity contribution < 1.29 is 4.79 Å². The molecule has 0 aliphatic rings. The summed E-state index contributed by atoms with van der Waals surface area (Å²) in [4.78, 5) is 12.1. The molecule has 1 aromatic carbocycles. The van der Waals surface area contributed by atoms with Gasteiger partial charge in [0.25, 0.3) is 0 Å². The maximum atomic E-state index is 12.1. The van der Waals surface area contributed by atoms with E-state index in [-0.39, 0.29) is 24.0 Å². The van der Waals surface area contributed by atoms with E-state index < -0.39 is 0 Å². The SMILES string of the molecule is Cc1cnn([C@H](C)[C@H](C)NCCC(=O)N[C@H](C)c2ccccc2)c1. The van der Waals surface area contributed by atoms with Crippen LogP contribution in [0.4, 0.5) is 0 Å². The number of hydrogen-bond donors (Lipinski definition) is 2. The van der Waals surface area contributed by atoms with E-state index in [1.54, 1.807) is 0 Å². The van der Waals surface area contributed by atoms with Gasteiger partial charge in [-0.1, -0.05) is 30.3 Å². The van der Waals surface area contributed by atoms with Crippen molar-refractivity contribution in [3.05, 3.63) is 53.9 Å². The van der Waals surface area contributed by atoms with E-state index in [1.807, 2.05) is 61.3 Å². The van der Waals surface area contributed by atoms with Gasteiger partial charge in [-0.2, -0.15) is 5.10 Å². The number of rotatable bonds is 8. The Bertz CT molecular complexity index is 638. The smallest absolute Gasteiger partial charge is 0.221 e. The fourth-order valence-electron chi connectivity index (χ4n) is 2.61. The van der Waals surface area contributed by atoms with Crippen LogP contribution < -0.4 is 10.6 Å². The molecule has 5 heteroatoms. The number of aryl methyl sites for hydroxylation is 1. The lowest BCUT2D eigenvalue weighted by atomic mass is 10.1. The first-order chi connectivity index (χ1) is 11.5. The Morgan fingerprint density at radius 2 is 1.92 bits per heavy atom. The molecule has 0 fully saturated rings. The second kappa shape index (κ2) is 8.64. The van der Waals surface area contributed by atoms with Crippen molar-refractivity contribution in [3.63, 3.8) is 0 Å². The standard InChI is InChI=1S/C19H28N4O/c1-14-12-21-23(13-14)17(4)15(2)20-11-10-19(24)22-16(3)18-8-6-5-7-9-18/h5-9,12-13,15-17,20H,10-11H2,1-4H3,(H,22,24)/t15-,16+,17+/m0/s1. The third-order valence-corrected chi connectivity index (χ3v) is 4.37. The first-order valence-electron chi connectivity index (χ1n) is 8.56. The predicted octanol–water partition coefficient (Wildman–Crippen LogP) is 3.00. The van der Waals surface area contributed by atoms with Crippen molar-refractivity contribution in [3.8, 4) is 0 Å². The van der Waals surface area contributed by atoms with E-state index in [2.05, 4.69) is 29.6 Å². The lowest BCUT2D eigenvalue weighted by Crippen LogP contribution is -2.37. The van der Waals surface area contributed by atoms with Gasteiger partial charge in [-0.15, -0.1) is 0 Å². The number of nitrogens with one attached hydrogen (secondary N) is 2. The summed E-state index contributed by atoms with van der Waals surface area (Å²) in [6.45, 7) is 8.94. The van der Waals surface area contributed by atoms with Gasteiger partial charge in [-0.3, -0.25) is 9.48 Å². The minimum atomic E-state index is 0.0297. The summed E-state index contributed by atoms with van der Waals surface area (Å²) in [7, 11) is 0. The number of benzene rings is 1. The summed E-state index contributed by atoms with van der Waals surface area (Å²) in [5.74, 6) is 0.0636. The van der Waals surface area contributed by atoms with Crippen molar-refractivity contribution in [1.82, 2.24) is 20.4 Å². The van der Waals surface area contributed by atoms with Gasteiger partial charge in [0.15, 0.2) is 0 Å². The number of aromatic nitrogens is 2.